The van der Waals surface area contributed by atoms with Crippen molar-refractivity contribution in [3.63, 3.8) is 0 Å². The summed E-state index contributed by atoms with van der Waals surface area (Å²) in [7, 11) is 0. The molecule has 0 aromatic rings. The van der Waals surface area contributed by atoms with Crippen LogP contribution in [0, 0.1) is 0 Å². The first-order valence-electron chi connectivity index (χ1n) is 2.83. The molecule has 1 aliphatic rings. The van der Waals surface area contributed by atoms with E-state index in [-0.39, 0.29) is 12.2 Å². The standard InChI is InChI=1S/C5H10O3/c1-3-5-4(2)6-8-7-5/h4-5H,3H2,1-2H3/t4-,5+/m1/s1. The van der Waals surface area contributed by atoms with Gasteiger partial charge < -0.3 is 0 Å². The molecule has 0 aromatic carbocycles. The van der Waals surface area contributed by atoms with Crippen molar-refractivity contribution in [2.24, 2.45) is 0 Å². The lowest BCUT2D eigenvalue weighted by Crippen LogP contribution is -2.17. The van der Waals surface area contributed by atoms with Gasteiger partial charge in [0.25, 0.3) is 0 Å². The van der Waals surface area contributed by atoms with Gasteiger partial charge in [-0.25, -0.2) is 4.89 Å². The maximum Gasteiger partial charge on any atom is 0.125 e. The molecule has 0 radical (unpaired) electrons. The van der Waals surface area contributed by atoms with Gasteiger partial charge in [-0.15, -0.1) is 0 Å². The third-order valence-electron chi connectivity index (χ3n) is 1.28. The van der Waals surface area contributed by atoms with Gasteiger partial charge in [0.05, 0.1) is 0 Å². The van der Waals surface area contributed by atoms with Gasteiger partial charge in [-0.3, -0.25) is 0 Å². The monoisotopic (exact) mass is 118 g/mol. The fraction of sp³-hybridized carbons (Fsp3) is 1.00. The quantitative estimate of drug-likeness (QED) is 0.481. The average molecular weight is 118 g/mol. The van der Waals surface area contributed by atoms with Crippen LogP contribution in [0.1, 0.15) is 20.3 Å². The van der Waals surface area contributed by atoms with Crippen LogP contribution in [0.2, 0.25) is 0 Å². The number of rotatable bonds is 1. The molecule has 2 atom stereocenters. The minimum Gasteiger partial charge on any atom is -0.200 e. The highest BCUT2D eigenvalue weighted by atomic mass is 17.5. The van der Waals surface area contributed by atoms with Crippen LogP contribution in [0.5, 0.6) is 0 Å². The van der Waals surface area contributed by atoms with Crippen molar-refractivity contribution < 1.29 is 14.8 Å². The van der Waals surface area contributed by atoms with E-state index in [1.807, 2.05) is 13.8 Å². The third kappa shape index (κ3) is 0.992. The maximum atomic E-state index is 4.69. The van der Waals surface area contributed by atoms with E-state index in [4.69, 9.17) is 4.89 Å². The molecule has 48 valence electrons. The van der Waals surface area contributed by atoms with Gasteiger partial charge in [-0.1, -0.05) is 12.0 Å². The second-order valence-electron chi connectivity index (χ2n) is 1.91. The normalized spacial score (nSPS) is 38.2. The summed E-state index contributed by atoms with van der Waals surface area (Å²) in [4.78, 5) is 9.33. The molecule has 1 rings (SSSR count). The second-order valence-corrected chi connectivity index (χ2v) is 1.91. The predicted octanol–water partition coefficient (Wildman–Crippen LogP) is 1.05. The summed E-state index contributed by atoms with van der Waals surface area (Å²) in [5.41, 5.74) is 0. The summed E-state index contributed by atoms with van der Waals surface area (Å²) in [5, 5.41) is 4.26. The number of hydrogen-bond acceptors (Lipinski definition) is 3. The molecule has 1 heterocycles. The summed E-state index contributed by atoms with van der Waals surface area (Å²) < 4.78 is 0. The Morgan fingerprint density at radius 3 is 2.38 bits per heavy atom. The molecule has 0 spiro atoms. The van der Waals surface area contributed by atoms with Gasteiger partial charge in [0.2, 0.25) is 0 Å². The minimum absolute atomic E-state index is 0.0833. The summed E-state index contributed by atoms with van der Waals surface area (Å²) >= 11 is 0. The van der Waals surface area contributed by atoms with Crippen molar-refractivity contribution in [1.29, 1.82) is 0 Å². The highest BCUT2D eigenvalue weighted by molar-refractivity contribution is 4.62. The maximum absolute atomic E-state index is 4.69. The Labute approximate surface area is 48.4 Å². The molecule has 1 saturated heterocycles. The molecule has 1 aliphatic heterocycles. The zero-order chi connectivity index (χ0) is 5.98. The fourth-order valence-electron chi connectivity index (χ4n) is 0.675. The SMILES string of the molecule is CC[C@@H]1OOO[C@@H]1C. The lowest BCUT2D eigenvalue weighted by atomic mass is 10.2. The van der Waals surface area contributed by atoms with Gasteiger partial charge >= 0.3 is 0 Å². The minimum atomic E-state index is 0.0833. The molecule has 3 nitrogen and oxygen atoms in total. The van der Waals surface area contributed by atoms with Gasteiger partial charge in [-0.05, 0) is 13.3 Å². The molecule has 0 aromatic heterocycles. The van der Waals surface area contributed by atoms with E-state index in [2.05, 4.69) is 9.93 Å². The Morgan fingerprint density at radius 1 is 1.38 bits per heavy atom. The molecule has 0 aliphatic carbocycles. The molecule has 0 amide bonds. The average Bonchev–Trinajstić information content (AvgIpc) is 2.14. The highest BCUT2D eigenvalue weighted by Gasteiger charge is 2.25. The zero-order valence-corrected chi connectivity index (χ0v) is 5.09. The van der Waals surface area contributed by atoms with Gasteiger partial charge in [0.15, 0.2) is 0 Å². The second kappa shape index (κ2) is 2.44. The van der Waals surface area contributed by atoms with Crippen LogP contribution >= 0.6 is 0 Å². The van der Waals surface area contributed by atoms with E-state index in [1.165, 1.54) is 0 Å². The van der Waals surface area contributed by atoms with Gasteiger partial charge in [0, 0.05) is 0 Å². The van der Waals surface area contributed by atoms with Crippen LogP contribution in [-0.4, -0.2) is 12.2 Å². The number of hydrogen-bond donors (Lipinski definition) is 0. The van der Waals surface area contributed by atoms with Crippen molar-refractivity contribution in [2.45, 2.75) is 32.5 Å². The van der Waals surface area contributed by atoms with Crippen LogP contribution in [0.4, 0.5) is 0 Å². The molecule has 0 unspecified atom stereocenters. The Morgan fingerprint density at radius 2 is 2.12 bits per heavy atom. The largest absolute Gasteiger partial charge is 0.200 e. The first-order valence-corrected chi connectivity index (χ1v) is 2.83. The molecule has 8 heavy (non-hydrogen) atoms. The highest BCUT2D eigenvalue weighted by Crippen LogP contribution is 2.15. The van der Waals surface area contributed by atoms with E-state index in [1.54, 1.807) is 0 Å². The van der Waals surface area contributed by atoms with E-state index in [9.17, 15) is 0 Å². The Hall–Kier alpha value is -0.120. The first-order chi connectivity index (χ1) is 3.84. The Bertz CT molecular complexity index is 74.1. The van der Waals surface area contributed by atoms with Crippen molar-refractivity contribution in [3.05, 3.63) is 0 Å². The molecule has 0 bridgehead atoms. The van der Waals surface area contributed by atoms with E-state index < -0.39 is 0 Å². The topological polar surface area (TPSA) is 27.7 Å². The smallest absolute Gasteiger partial charge is 0.125 e. The molecule has 1 fully saturated rings. The molecule has 0 N–H and O–H groups in total. The molecule has 0 saturated carbocycles. The lowest BCUT2D eigenvalue weighted by molar-refractivity contribution is -0.465. The van der Waals surface area contributed by atoms with E-state index in [0.29, 0.717) is 0 Å². The summed E-state index contributed by atoms with van der Waals surface area (Å²) in [5.74, 6) is 0. The van der Waals surface area contributed by atoms with Crippen LogP contribution in [-0.2, 0) is 14.8 Å². The molecular formula is C5H10O3. The van der Waals surface area contributed by atoms with Crippen molar-refractivity contribution in [2.75, 3.05) is 0 Å². The Balaban J connectivity index is 2.30. The predicted molar refractivity (Wildman–Crippen MR) is 26.8 cm³/mol. The van der Waals surface area contributed by atoms with Crippen LogP contribution < -0.4 is 0 Å². The van der Waals surface area contributed by atoms with Crippen molar-refractivity contribution in [3.8, 4) is 0 Å². The first kappa shape index (κ1) is 6.01. The molecule has 3 heteroatoms. The summed E-state index contributed by atoms with van der Waals surface area (Å²) in [6.45, 7) is 3.94. The van der Waals surface area contributed by atoms with Crippen LogP contribution in [0.25, 0.3) is 0 Å². The summed E-state index contributed by atoms with van der Waals surface area (Å²) in [6, 6.07) is 0. The Kier molecular flexibility index (Phi) is 1.83. The van der Waals surface area contributed by atoms with Gasteiger partial charge in [0.1, 0.15) is 12.2 Å². The van der Waals surface area contributed by atoms with Crippen LogP contribution in [0.3, 0.4) is 0 Å². The lowest BCUT2D eigenvalue weighted by Gasteiger charge is -2.02. The third-order valence-corrected chi connectivity index (χ3v) is 1.28. The van der Waals surface area contributed by atoms with Gasteiger partial charge in [-0.2, -0.15) is 4.89 Å². The van der Waals surface area contributed by atoms with E-state index in [0.717, 1.165) is 6.42 Å². The van der Waals surface area contributed by atoms with Crippen molar-refractivity contribution >= 4 is 0 Å². The van der Waals surface area contributed by atoms with Crippen LogP contribution in [0.15, 0.2) is 0 Å². The van der Waals surface area contributed by atoms with Crippen molar-refractivity contribution in [1.82, 2.24) is 0 Å². The van der Waals surface area contributed by atoms with E-state index >= 15 is 0 Å². The fourth-order valence-corrected chi connectivity index (χ4v) is 0.675. The molecular weight excluding hydrogens is 108 g/mol. The zero-order valence-electron chi connectivity index (χ0n) is 5.09. The summed E-state index contributed by atoms with van der Waals surface area (Å²) in [6.07, 6.45) is 1.14.